The molecule has 0 bridgehead atoms. The second-order valence-electron chi connectivity index (χ2n) is 3.56. The van der Waals surface area contributed by atoms with Gasteiger partial charge in [-0.3, -0.25) is 4.68 Å². The molecule has 0 radical (unpaired) electrons. The number of nitrogens with one attached hydrogen (secondary N) is 1. The molecule has 2 N–H and O–H groups in total. The summed E-state index contributed by atoms with van der Waals surface area (Å²) in [6.07, 6.45) is 5.30. The number of anilines is 1. The van der Waals surface area contributed by atoms with Gasteiger partial charge in [0.25, 0.3) is 0 Å². The van der Waals surface area contributed by atoms with Gasteiger partial charge in [-0.05, 0) is 11.6 Å². The summed E-state index contributed by atoms with van der Waals surface area (Å²) in [5, 5.41) is 16.6. The van der Waals surface area contributed by atoms with Crippen molar-refractivity contribution in [3.05, 3.63) is 41.4 Å². The maximum absolute atomic E-state index is 8.76. The van der Waals surface area contributed by atoms with E-state index in [2.05, 4.69) is 15.4 Å². The Bertz CT molecular complexity index is 469. The average Bonchev–Trinajstić information content (AvgIpc) is 2.77. The molecule has 0 aliphatic rings. The van der Waals surface area contributed by atoms with Gasteiger partial charge < -0.3 is 10.4 Å². The van der Waals surface area contributed by atoms with Crippen molar-refractivity contribution in [1.82, 2.24) is 14.8 Å². The summed E-state index contributed by atoms with van der Waals surface area (Å²) < 4.78 is 1.68. The second kappa shape index (κ2) is 5.65. The van der Waals surface area contributed by atoms with Crippen LogP contribution in [0.25, 0.3) is 0 Å². The van der Waals surface area contributed by atoms with Gasteiger partial charge in [-0.25, -0.2) is 4.98 Å². The zero-order valence-electron chi connectivity index (χ0n) is 9.17. The molecule has 0 aromatic carbocycles. The summed E-state index contributed by atoms with van der Waals surface area (Å²) in [5.74, 6) is 0. The first-order chi connectivity index (χ1) is 8.28. The van der Waals surface area contributed by atoms with Crippen molar-refractivity contribution in [3.63, 3.8) is 0 Å². The lowest BCUT2D eigenvalue weighted by Gasteiger charge is -2.03. The third kappa shape index (κ3) is 3.44. The zero-order chi connectivity index (χ0) is 12.1. The maximum atomic E-state index is 8.76. The van der Waals surface area contributed by atoms with Crippen molar-refractivity contribution in [2.75, 3.05) is 11.9 Å². The monoisotopic (exact) mass is 252 g/mol. The van der Waals surface area contributed by atoms with Crippen LogP contribution in [0.4, 0.5) is 5.69 Å². The van der Waals surface area contributed by atoms with Crippen LogP contribution in [0.15, 0.2) is 30.7 Å². The molecule has 17 heavy (non-hydrogen) atoms. The Kier molecular flexibility index (Phi) is 3.95. The molecule has 0 fully saturated rings. The number of aliphatic hydroxyl groups excluding tert-OH is 1. The van der Waals surface area contributed by atoms with E-state index in [1.165, 1.54) is 0 Å². The normalized spacial score (nSPS) is 10.5. The highest BCUT2D eigenvalue weighted by Crippen LogP contribution is 2.09. The van der Waals surface area contributed by atoms with Crippen molar-refractivity contribution in [2.24, 2.45) is 0 Å². The number of nitrogens with zero attached hydrogens (tertiary/aromatic N) is 3. The van der Waals surface area contributed by atoms with Crippen LogP contribution in [-0.4, -0.2) is 26.5 Å². The minimum Gasteiger partial charge on any atom is -0.394 e. The van der Waals surface area contributed by atoms with E-state index < -0.39 is 0 Å². The summed E-state index contributed by atoms with van der Waals surface area (Å²) in [4.78, 5) is 4.00. The lowest BCUT2D eigenvalue weighted by molar-refractivity contribution is 0.269. The fourth-order valence-corrected chi connectivity index (χ4v) is 1.51. The van der Waals surface area contributed by atoms with E-state index in [9.17, 15) is 0 Å². The Morgan fingerprint density at radius 1 is 1.35 bits per heavy atom. The number of aliphatic hydroxyl groups is 1. The fraction of sp³-hybridized carbons (Fsp3) is 0.273. The Hall–Kier alpha value is -1.59. The Morgan fingerprint density at radius 2 is 2.24 bits per heavy atom. The van der Waals surface area contributed by atoms with E-state index in [0.717, 1.165) is 11.3 Å². The molecule has 0 unspecified atom stereocenters. The van der Waals surface area contributed by atoms with Crippen molar-refractivity contribution < 1.29 is 5.11 Å². The molecule has 2 rings (SSSR count). The van der Waals surface area contributed by atoms with E-state index in [4.69, 9.17) is 16.7 Å². The third-order valence-corrected chi connectivity index (χ3v) is 2.47. The standard InChI is InChI=1S/C11H13ClN4O/c12-11-2-1-9(6-14-11)5-13-10-7-15-16(8-10)3-4-17/h1-2,6-8,13,17H,3-5H2. The van der Waals surface area contributed by atoms with E-state index in [1.54, 1.807) is 23.1 Å². The Morgan fingerprint density at radius 3 is 2.94 bits per heavy atom. The van der Waals surface area contributed by atoms with Gasteiger partial charge in [0.1, 0.15) is 5.15 Å². The SMILES string of the molecule is OCCn1cc(NCc2ccc(Cl)nc2)cn1. The van der Waals surface area contributed by atoms with Crippen LogP contribution < -0.4 is 5.32 Å². The van der Waals surface area contributed by atoms with Gasteiger partial charge in [-0.15, -0.1) is 0 Å². The van der Waals surface area contributed by atoms with Gasteiger partial charge in [0.2, 0.25) is 0 Å². The van der Waals surface area contributed by atoms with Gasteiger partial charge in [0, 0.05) is 18.9 Å². The molecule has 0 aliphatic heterocycles. The fourth-order valence-electron chi connectivity index (χ4n) is 1.39. The maximum Gasteiger partial charge on any atom is 0.129 e. The van der Waals surface area contributed by atoms with Crippen LogP contribution in [0.3, 0.4) is 0 Å². The van der Waals surface area contributed by atoms with Gasteiger partial charge in [0.15, 0.2) is 0 Å². The smallest absolute Gasteiger partial charge is 0.129 e. The van der Waals surface area contributed by atoms with Crippen molar-refractivity contribution in [1.29, 1.82) is 0 Å². The Labute approximate surface area is 104 Å². The first-order valence-electron chi connectivity index (χ1n) is 5.25. The second-order valence-corrected chi connectivity index (χ2v) is 3.95. The van der Waals surface area contributed by atoms with E-state index >= 15 is 0 Å². The van der Waals surface area contributed by atoms with Gasteiger partial charge in [-0.2, -0.15) is 5.10 Å². The minimum atomic E-state index is 0.0855. The zero-order valence-corrected chi connectivity index (χ0v) is 9.93. The summed E-state index contributed by atoms with van der Waals surface area (Å²) in [7, 11) is 0. The summed E-state index contributed by atoms with van der Waals surface area (Å²) >= 11 is 5.70. The average molecular weight is 253 g/mol. The number of rotatable bonds is 5. The van der Waals surface area contributed by atoms with Crippen molar-refractivity contribution in [2.45, 2.75) is 13.1 Å². The van der Waals surface area contributed by atoms with Crippen LogP contribution >= 0.6 is 11.6 Å². The molecule has 5 nitrogen and oxygen atoms in total. The molecule has 2 aromatic rings. The molecular weight excluding hydrogens is 240 g/mol. The largest absolute Gasteiger partial charge is 0.394 e. The predicted molar refractivity (Wildman–Crippen MR) is 65.9 cm³/mol. The van der Waals surface area contributed by atoms with Crippen LogP contribution in [0.5, 0.6) is 0 Å². The molecule has 90 valence electrons. The first kappa shape index (κ1) is 11.9. The summed E-state index contributed by atoms with van der Waals surface area (Å²) in [6, 6.07) is 3.67. The topological polar surface area (TPSA) is 63.0 Å². The number of hydrogen-bond acceptors (Lipinski definition) is 4. The van der Waals surface area contributed by atoms with Gasteiger partial charge >= 0.3 is 0 Å². The molecule has 0 aliphatic carbocycles. The number of halogens is 1. The van der Waals surface area contributed by atoms with E-state index in [1.807, 2.05) is 12.3 Å². The van der Waals surface area contributed by atoms with Crippen molar-refractivity contribution >= 4 is 17.3 Å². The molecule has 0 amide bonds. The molecule has 0 atom stereocenters. The molecule has 0 spiro atoms. The minimum absolute atomic E-state index is 0.0855. The van der Waals surface area contributed by atoms with Gasteiger partial charge in [0.05, 0.1) is 25.0 Å². The molecule has 2 heterocycles. The van der Waals surface area contributed by atoms with Gasteiger partial charge in [-0.1, -0.05) is 17.7 Å². The summed E-state index contributed by atoms with van der Waals surface area (Å²) in [6.45, 7) is 1.25. The molecular formula is C11H13ClN4O. The highest BCUT2D eigenvalue weighted by atomic mass is 35.5. The van der Waals surface area contributed by atoms with Crippen LogP contribution in [0, 0.1) is 0 Å². The highest BCUT2D eigenvalue weighted by Gasteiger charge is 1.98. The van der Waals surface area contributed by atoms with Crippen molar-refractivity contribution in [3.8, 4) is 0 Å². The van der Waals surface area contributed by atoms with Crippen LogP contribution in [-0.2, 0) is 13.1 Å². The molecule has 2 aromatic heterocycles. The summed E-state index contributed by atoms with van der Waals surface area (Å²) in [5.41, 5.74) is 1.96. The highest BCUT2D eigenvalue weighted by molar-refractivity contribution is 6.29. The lowest BCUT2D eigenvalue weighted by Crippen LogP contribution is -2.02. The first-order valence-corrected chi connectivity index (χ1v) is 5.63. The van der Waals surface area contributed by atoms with E-state index in [-0.39, 0.29) is 6.61 Å². The number of aromatic nitrogens is 3. The third-order valence-electron chi connectivity index (χ3n) is 2.25. The molecule has 6 heteroatoms. The van der Waals surface area contributed by atoms with Crippen LogP contribution in [0.1, 0.15) is 5.56 Å². The molecule has 0 saturated heterocycles. The Balaban J connectivity index is 1.90. The van der Waals surface area contributed by atoms with Crippen LogP contribution in [0.2, 0.25) is 5.15 Å². The number of hydrogen-bond donors (Lipinski definition) is 2. The molecule has 0 saturated carbocycles. The predicted octanol–water partition coefficient (Wildman–Crippen LogP) is 1.54. The number of pyridine rings is 1. The lowest BCUT2D eigenvalue weighted by atomic mass is 10.3. The quantitative estimate of drug-likeness (QED) is 0.793. The van der Waals surface area contributed by atoms with E-state index in [0.29, 0.717) is 18.2 Å².